The highest BCUT2D eigenvalue weighted by atomic mass is 32.2. The van der Waals surface area contributed by atoms with Crippen LogP contribution in [0.25, 0.3) is 27.6 Å². The molecule has 5 rings (SSSR count). The van der Waals surface area contributed by atoms with E-state index in [1.165, 1.54) is 28.5 Å². The van der Waals surface area contributed by atoms with Gasteiger partial charge in [0, 0.05) is 17.4 Å². The van der Waals surface area contributed by atoms with E-state index in [1.54, 1.807) is 12.1 Å². The quantitative estimate of drug-likeness (QED) is 0.277. The van der Waals surface area contributed by atoms with Gasteiger partial charge in [-0.2, -0.15) is 0 Å². The molecule has 3 aromatic carbocycles. The van der Waals surface area contributed by atoms with Crippen molar-refractivity contribution in [1.29, 1.82) is 0 Å². The number of para-hydroxylation sites is 1. The third-order valence-electron chi connectivity index (χ3n) is 5.52. The van der Waals surface area contributed by atoms with E-state index in [4.69, 9.17) is 4.98 Å². The number of H-pyrrole nitrogens is 1. The SMILES string of the molecule is Cc1ccc(-n2c(SCC(=O)NCc3ccc(F)cc3)nc3c([nH]c4ccccc43)c2=O)cc1. The number of fused-ring (bicyclic) bond motifs is 3. The molecule has 0 aliphatic rings. The Morgan fingerprint density at radius 3 is 2.56 bits per heavy atom. The lowest BCUT2D eigenvalue weighted by Crippen LogP contribution is -2.26. The Labute approximate surface area is 198 Å². The average molecular weight is 473 g/mol. The molecular formula is C26H21FN4O2S. The van der Waals surface area contributed by atoms with Gasteiger partial charge in [0.05, 0.1) is 11.4 Å². The van der Waals surface area contributed by atoms with Crippen molar-refractivity contribution in [2.45, 2.75) is 18.6 Å². The second kappa shape index (κ2) is 9.15. The maximum Gasteiger partial charge on any atom is 0.283 e. The lowest BCUT2D eigenvalue weighted by Gasteiger charge is -2.12. The number of rotatable bonds is 6. The first kappa shape index (κ1) is 21.9. The predicted octanol–water partition coefficient (Wildman–Crippen LogP) is 4.72. The normalized spacial score (nSPS) is 11.2. The summed E-state index contributed by atoms with van der Waals surface area (Å²) in [6.45, 7) is 2.27. The number of carbonyl (C=O) groups is 1. The fourth-order valence-corrected chi connectivity index (χ4v) is 4.58. The number of benzene rings is 3. The highest BCUT2D eigenvalue weighted by molar-refractivity contribution is 7.99. The van der Waals surface area contributed by atoms with Crippen LogP contribution >= 0.6 is 11.8 Å². The molecule has 0 radical (unpaired) electrons. The van der Waals surface area contributed by atoms with Crippen LogP contribution in [0.15, 0.2) is 82.7 Å². The molecule has 8 heteroatoms. The Bertz CT molecular complexity index is 1560. The zero-order valence-electron chi connectivity index (χ0n) is 18.3. The maximum absolute atomic E-state index is 13.5. The summed E-state index contributed by atoms with van der Waals surface area (Å²) < 4.78 is 14.6. The van der Waals surface area contributed by atoms with Gasteiger partial charge < -0.3 is 10.3 Å². The van der Waals surface area contributed by atoms with E-state index >= 15 is 0 Å². The molecule has 0 spiro atoms. The molecule has 2 heterocycles. The molecule has 0 unspecified atom stereocenters. The summed E-state index contributed by atoms with van der Waals surface area (Å²) in [5.74, 6) is -0.454. The summed E-state index contributed by atoms with van der Waals surface area (Å²) in [6, 6.07) is 21.2. The van der Waals surface area contributed by atoms with Crippen molar-refractivity contribution in [2.24, 2.45) is 0 Å². The van der Waals surface area contributed by atoms with Crippen LogP contribution in [0.4, 0.5) is 4.39 Å². The molecule has 34 heavy (non-hydrogen) atoms. The zero-order valence-corrected chi connectivity index (χ0v) is 19.2. The van der Waals surface area contributed by atoms with Crippen molar-refractivity contribution in [1.82, 2.24) is 19.9 Å². The third-order valence-corrected chi connectivity index (χ3v) is 6.46. The Morgan fingerprint density at radius 1 is 1.06 bits per heavy atom. The number of amides is 1. The molecule has 170 valence electrons. The van der Waals surface area contributed by atoms with E-state index in [9.17, 15) is 14.0 Å². The minimum absolute atomic E-state index is 0.0767. The first-order valence-corrected chi connectivity index (χ1v) is 11.7. The van der Waals surface area contributed by atoms with Gasteiger partial charge in [-0.05, 0) is 42.8 Å². The van der Waals surface area contributed by atoms with Gasteiger partial charge in [0.2, 0.25) is 5.91 Å². The van der Waals surface area contributed by atoms with E-state index in [1.807, 2.05) is 55.5 Å². The van der Waals surface area contributed by atoms with Crippen LogP contribution in [-0.4, -0.2) is 26.2 Å². The number of aryl methyl sites for hydroxylation is 1. The van der Waals surface area contributed by atoms with Crippen LogP contribution in [0, 0.1) is 12.7 Å². The lowest BCUT2D eigenvalue weighted by atomic mass is 10.2. The van der Waals surface area contributed by atoms with Gasteiger partial charge >= 0.3 is 0 Å². The Kier molecular flexibility index (Phi) is 5.90. The fourth-order valence-electron chi connectivity index (χ4n) is 3.74. The molecule has 0 saturated heterocycles. The number of nitrogens with one attached hydrogen (secondary N) is 2. The van der Waals surface area contributed by atoms with Gasteiger partial charge in [0.25, 0.3) is 5.56 Å². The molecule has 0 fully saturated rings. The van der Waals surface area contributed by atoms with Crippen LogP contribution in [0.1, 0.15) is 11.1 Å². The first-order valence-electron chi connectivity index (χ1n) is 10.7. The highest BCUT2D eigenvalue weighted by Gasteiger charge is 2.18. The van der Waals surface area contributed by atoms with E-state index in [0.29, 0.717) is 28.4 Å². The number of thioether (sulfide) groups is 1. The Balaban J connectivity index is 1.48. The van der Waals surface area contributed by atoms with Crippen LogP contribution in [0.5, 0.6) is 0 Å². The lowest BCUT2D eigenvalue weighted by molar-refractivity contribution is -0.118. The second-order valence-corrected chi connectivity index (χ2v) is 8.90. The van der Waals surface area contributed by atoms with Gasteiger partial charge in [-0.3, -0.25) is 14.2 Å². The highest BCUT2D eigenvalue weighted by Crippen LogP contribution is 2.26. The Hall–Kier alpha value is -3.91. The molecular weight excluding hydrogens is 451 g/mol. The number of aromatic nitrogens is 3. The fraction of sp³-hybridized carbons (Fsp3) is 0.115. The molecule has 0 atom stereocenters. The third kappa shape index (κ3) is 4.32. The number of carbonyl (C=O) groups excluding carboxylic acids is 1. The minimum atomic E-state index is -0.321. The van der Waals surface area contributed by atoms with E-state index < -0.39 is 0 Å². The summed E-state index contributed by atoms with van der Waals surface area (Å²) in [5, 5.41) is 4.12. The Morgan fingerprint density at radius 2 is 1.79 bits per heavy atom. The molecule has 1 amide bonds. The summed E-state index contributed by atoms with van der Waals surface area (Å²) in [7, 11) is 0. The summed E-state index contributed by atoms with van der Waals surface area (Å²) in [4.78, 5) is 34.1. The minimum Gasteiger partial charge on any atom is -0.351 e. The predicted molar refractivity (Wildman–Crippen MR) is 133 cm³/mol. The summed E-state index contributed by atoms with van der Waals surface area (Å²) in [6.07, 6.45) is 0. The molecule has 0 bridgehead atoms. The molecule has 0 aliphatic heterocycles. The smallest absolute Gasteiger partial charge is 0.283 e. The van der Waals surface area contributed by atoms with Gasteiger partial charge in [0.1, 0.15) is 16.9 Å². The second-order valence-electron chi connectivity index (χ2n) is 7.96. The monoisotopic (exact) mass is 472 g/mol. The van der Waals surface area contributed by atoms with Crippen molar-refractivity contribution in [3.63, 3.8) is 0 Å². The van der Waals surface area contributed by atoms with Gasteiger partial charge in [-0.1, -0.05) is 59.8 Å². The van der Waals surface area contributed by atoms with Gasteiger partial charge in [-0.15, -0.1) is 0 Å². The molecule has 2 N–H and O–H groups in total. The zero-order chi connectivity index (χ0) is 23.7. The van der Waals surface area contributed by atoms with Crippen molar-refractivity contribution >= 4 is 39.6 Å². The summed E-state index contributed by atoms with van der Waals surface area (Å²) >= 11 is 1.20. The molecule has 0 saturated carbocycles. The number of nitrogens with zero attached hydrogens (tertiary/aromatic N) is 2. The van der Waals surface area contributed by atoms with Crippen molar-refractivity contribution in [2.75, 3.05) is 5.75 Å². The van der Waals surface area contributed by atoms with Gasteiger partial charge in [0.15, 0.2) is 5.16 Å². The van der Waals surface area contributed by atoms with Crippen LogP contribution in [0.2, 0.25) is 0 Å². The maximum atomic E-state index is 13.5. The van der Waals surface area contributed by atoms with Gasteiger partial charge in [-0.25, -0.2) is 9.37 Å². The number of hydrogen-bond acceptors (Lipinski definition) is 4. The largest absolute Gasteiger partial charge is 0.351 e. The first-order chi connectivity index (χ1) is 16.5. The van der Waals surface area contributed by atoms with Crippen LogP contribution < -0.4 is 10.9 Å². The van der Waals surface area contributed by atoms with E-state index in [2.05, 4.69) is 10.3 Å². The van der Waals surface area contributed by atoms with Crippen molar-refractivity contribution in [3.05, 3.63) is 100 Å². The number of aromatic amines is 1. The number of halogens is 1. The topological polar surface area (TPSA) is 79.8 Å². The molecule has 2 aromatic heterocycles. The molecule has 0 aliphatic carbocycles. The summed E-state index contributed by atoms with van der Waals surface area (Å²) in [5.41, 5.74) is 4.17. The number of hydrogen-bond donors (Lipinski definition) is 2. The van der Waals surface area contributed by atoms with Crippen LogP contribution in [-0.2, 0) is 11.3 Å². The van der Waals surface area contributed by atoms with E-state index in [0.717, 1.165) is 22.0 Å². The average Bonchev–Trinajstić information content (AvgIpc) is 3.22. The van der Waals surface area contributed by atoms with Crippen LogP contribution in [0.3, 0.4) is 0 Å². The van der Waals surface area contributed by atoms with E-state index in [-0.39, 0.29) is 23.0 Å². The van der Waals surface area contributed by atoms with Crippen molar-refractivity contribution in [3.8, 4) is 5.69 Å². The molecule has 6 nitrogen and oxygen atoms in total. The standard InChI is InChI=1S/C26H21FN4O2S/c1-16-6-12-19(13-7-16)31-25(33)24-23(20-4-2-3-5-21(20)29-24)30-26(31)34-15-22(32)28-14-17-8-10-18(27)11-9-17/h2-13,29H,14-15H2,1H3,(H,28,32). The molecule has 5 aromatic rings. The van der Waals surface area contributed by atoms with Crippen molar-refractivity contribution < 1.29 is 9.18 Å².